The predicted molar refractivity (Wildman–Crippen MR) is 78.9 cm³/mol. The van der Waals surface area contributed by atoms with Crippen molar-refractivity contribution in [3.63, 3.8) is 0 Å². The van der Waals surface area contributed by atoms with Crippen molar-refractivity contribution in [1.82, 2.24) is 0 Å². The van der Waals surface area contributed by atoms with Crippen molar-refractivity contribution in [2.75, 3.05) is 10.5 Å². The van der Waals surface area contributed by atoms with Crippen molar-refractivity contribution < 1.29 is 8.42 Å². The summed E-state index contributed by atoms with van der Waals surface area (Å²) in [5.74, 6) is 0. The highest BCUT2D eigenvalue weighted by molar-refractivity contribution is 7.95. The van der Waals surface area contributed by atoms with E-state index in [0.29, 0.717) is 11.4 Å². The molecule has 19 heavy (non-hydrogen) atoms. The van der Waals surface area contributed by atoms with Gasteiger partial charge in [-0.15, -0.1) is 0 Å². The van der Waals surface area contributed by atoms with Crippen molar-refractivity contribution in [3.05, 3.63) is 65.6 Å². The van der Waals surface area contributed by atoms with Gasteiger partial charge in [-0.3, -0.25) is 4.72 Å². The molecular weight excluding hydrogens is 260 g/mol. The van der Waals surface area contributed by atoms with Crippen LogP contribution in [0.4, 0.5) is 11.4 Å². The van der Waals surface area contributed by atoms with Gasteiger partial charge in [-0.2, -0.15) is 0 Å². The molecule has 0 spiro atoms. The highest BCUT2D eigenvalue weighted by Gasteiger charge is 2.07. The minimum atomic E-state index is -3.57. The zero-order valence-electron chi connectivity index (χ0n) is 10.2. The second-order valence-electron chi connectivity index (χ2n) is 3.95. The van der Waals surface area contributed by atoms with Crippen LogP contribution in [0.25, 0.3) is 6.08 Å². The number of benzene rings is 2. The normalized spacial score (nSPS) is 11.6. The maximum Gasteiger partial charge on any atom is 0.255 e. The van der Waals surface area contributed by atoms with Gasteiger partial charge in [-0.1, -0.05) is 42.5 Å². The molecule has 0 atom stereocenters. The molecule has 0 aliphatic rings. The predicted octanol–water partition coefficient (Wildman–Crippen LogP) is 2.68. The summed E-state index contributed by atoms with van der Waals surface area (Å²) < 4.78 is 26.2. The van der Waals surface area contributed by atoms with Crippen LogP contribution in [-0.2, 0) is 10.0 Å². The smallest absolute Gasteiger partial charge is 0.255 e. The molecule has 5 heteroatoms. The van der Waals surface area contributed by atoms with Crippen LogP contribution in [-0.4, -0.2) is 8.42 Å². The molecule has 4 nitrogen and oxygen atoms in total. The molecule has 0 aliphatic carbocycles. The number of hydrogen-bond acceptors (Lipinski definition) is 3. The van der Waals surface area contributed by atoms with Crippen molar-refractivity contribution in [2.24, 2.45) is 0 Å². The Balaban J connectivity index is 2.16. The molecule has 0 unspecified atom stereocenters. The second-order valence-corrected chi connectivity index (χ2v) is 5.51. The SMILES string of the molecule is Nc1ccccc1NS(=O)(=O)/C=C\c1ccccc1. The van der Waals surface area contributed by atoms with Gasteiger partial charge in [0.2, 0.25) is 0 Å². The number of anilines is 2. The second kappa shape index (κ2) is 5.58. The molecule has 0 saturated heterocycles. The molecular formula is C14H14N2O2S. The first-order chi connectivity index (χ1) is 9.07. The van der Waals surface area contributed by atoms with Gasteiger partial charge in [0.15, 0.2) is 0 Å². The molecule has 3 N–H and O–H groups in total. The van der Waals surface area contributed by atoms with Crippen LogP contribution in [0.5, 0.6) is 0 Å². The Kier molecular flexibility index (Phi) is 3.87. The average molecular weight is 274 g/mol. The molecule has 0 heterocycles. The van der Waals surface area contributed by atoms with E-state index in [-0.39, 0.29) is 0 Å². The Bertz CT molecular complexity index is 680. The standard InChI is InChI=1S/C14H14N2O2S/c15-13-8-4-5-9-14(13)16-19(17,18)11-10-12-6-2-1-3-7-12/h1-11,16H,15H2/b11-10-. The molecule has 0 fully saturated rings. The van der Waals surface area contributed by atoms with Crippen LogP contribution in [0.15, 0.2) is 60.0 Å². The Morgan fingerprint density at radius 3 is 2.26 bits per heavy atom. The first kappa shape index (κ1) is 13.2. The fourth-order valence-electron chi connectivity index (χ4n) is 1.51. The number of nitrogens with two attached hydrogens (primary N) is 1. The third-order valence-electron chi connectivity index (χ3n) is 2.45. The minimum absolute atomic E-state index is 0.375. The molecule has 2 aromatic rings. The van der Waals surface area contributed by atoms with E-state index in [2.05, 4.69) is 4.72 Å². The lowest BCUT2D eigenvalue weighted by Gasteiger charge is -2.06. The maximum absolute atomic E-state index is 11.9. The Morgan fingerprint density at radius 1 is 0.947 bits per heavy atom. The first-order valence-corrected chi connectivity index (χ1v) is 7.22. The third kappa shape index (κ3) is 3.86. The summed E-state index contributed by atoms with van der Waals surface area (Å²) in [4.78, 5) is 0. The van der Waals surface area contributed by atoms with Crippen LogP contribution in [0.1, 0.15) is 5.56 Å². The number of sulfonamides is 1. The molecule has 0 aliphatic heterocycles. The first-order valence-electron chi connectivity index (χ1n) is 5.67. The lowest BCUT2D eigenvalue weighted by atomic mass is 10.2. The Labute approximate surface area is 112 Å². The van der Waals surface area contributed by atoms with Crippen LogP contribution >= 0.6 is 0 Å². The summed E-state index contributed by atoms with van der Waals surface area (Å²) in [5.41, 5.74) is 7.26. The zero-order chi connectivity index (χ0) is 13.7. The van der Waals surface area contributed by atoms with E-state index in [1.165, 1.54) is 6.08 Å². The zero-order valence-corrected chi connectivity index (χ0v) is 11.0. The lowest BCUT2D eigenvalue weighted by Crippen LogP contribution is -2.10. The number of hydrogen-bond donors (Lipinski definition) is 2. The molecule has 98 valence electrons. The van der Waals surface area contributed by atoms with E-state index in [1.54, 1.807) is 24.3 Å². The van der Waals surface area contributed by atoms with Crippen LogP contribution in [0, 0.1) is 0 Å². The third-order valence-corrected chi connectivity index (χ3v) is 3.45. The van der Waals surface area contributed by atoms with E-state index >= 15 is 0 Å². The van der Waals surface area contributed by atoms with Gasteiger partial charge in [0.05, 0.1) is 16.8 Å². The van der Waals surface area contributed by atoms with Crippen LogP contribution in [0.3, 0.4) is 0 Å². The van der Waals surface area contributed by atoms with E-state index in [1.807, 2.05) is 30.3 Å². The molecule has 0 aromatic heterocycles. The van der Waals surface area contributed by atoms with E-state index in [0.717, 1.165) is 11.0 Å². The monoisotopic (exact) mass is 274 g/mol. The summed E-state index contributed by atoms with van der Waals surface area (Å²) in [7, 11) is -3.57. The molecule has 0 bridgehead atoms. The number of rotatable bonds is 4. The molecule has 2 rings (SSSR count). The minimum Gasteiger partial charge on any atom is -0.397 e. The van der Waals surface area contributed by atoms with Gasteiger partial charge >= 0.3 is 0 Å². The van der Waals surface area contributed by atoms with Gasteiger partial charge in [0, 0.05) is 0 Å². The van der Waals surface area contributed by atoms with Crippen LogP contribution < -0.4 is 10.5 Å². The fourth-order valence-corrected chi connectivity index (χ4v) is 2.41. The Morgan fingerprint density at radius 2 is 1.58 bits per heavy atom. The van der Waals surface area contributed by atoms with Crippen LogP contribution in [0.2, 0.25) is 0 Å². The number of nitrogen functional groups attached to an aromatic ring is 1. The van der Waals surface area contributed by atoms with E-state index < -0.39 is 10.0 Å². The summed E-state index contributed by atoms with van der Waals surface area (Å²) in [6.45, 7) is 0. The summed E-state index contributed by atoms with van der Waals surface area (Å²) >= 11 is 0. The van der Waals surface area contributed by atoms with Crippen molar-refractivity contribution in [3.8, 4) is 0 Å². The van der Waals surface area contributed by atoms with Gasteiger partial charge in [0.25, 0.3) is 10.0 Å². The van der Waals surface area contributed by atoms with Gasteiger partial charge in [-0.25, -0.2) is 8.42 Å². The lowest BCUT2D eigenvalue weighted by molar-refractivity contribution is 0.609. The van der Waals surface area contributed by atoms with Gasteiger partial charge < -0.3 is 5.73 Å². The van der Waals surface area contributed by atoms with Gasteiger partial charge in [-0.05, 0) is 23.8 Å². The highest BCUT2D eigenvalue weighted by atomic mass is 32.2. The summed E-state index contributed by atoms with van der Waals surface area (Å²) in [6, 6.07) is 15.9. The molecule has 0 radical (unpaired) electrons. The molecule has 2 aromatic carbocycles. The van der Waals surface area contributed by atoms with Gasteiger partial charge in [0.1, 0.15) is 0 Å². The summed E-state index contributed by atoms with van der Waals surface area (Å²) in [5, 5.41) is 1.12. The largest absolute Gasteiger partial charge is 0.397 e. The number of para-hydroxylation sites is 2. The van der Waals surface area contributed by atoms with Crippen molar-refractivity contribution >= 4 is 27.5 Å². The topological polar surface area (TPSA) is 72.2 Å². The van der Waals surface area contributed by atoms with E-state index in [9.17, 15) is 8.42 Å². The quantitative estimate of drug-likeness (QED) is 0.842. The highest BCUT2D eigenvalue weighted by Crippen LogP contribution is 2.18. The maximum atomic E-state index is 11.9. The fraction of sp³-hybridized carbons (Fsp3) is 0. The van der Waals surface area contributed by atoms with Crippen molar-refractivity contribution in [1.29, 1.82) is 0 Å². The summed E-state index contributed by atoms with van der Waals surface area (Å²) in [6.07, 6.45) is 1.53. The Hall–Kier alpha value is -2.27. The number of nitrogens with one attached hydrogen (secondary N) is 1. The van der Waals surface area contributed by atoms with Crippen molar-refractivity contribution in [2.45, 2.75) is 0 Å². The molecule has 0 amide bonds. The van der Waals surface area contributed by atoms with E-state index in [4.69, 9.17) is 5.73 Å². The molecule has 0 saturated carbocycles. The average Bonchev–Trinajstić information content (AvgIpc) is 2.40.